The fourth-order valence-corrected chi connectivity index (χ4v) is 1.38. The second kappa shape index (κ2) is 6.96. The summed E-state index contributed by atoms with van der Waals surface area (Å²) in [6.07, 6.45) is 1.39. The summed E-state index contributed by atoms with van der Waals surface area (Å²) < 4.78 is 5.01. The number of nitrogens with one attached hydrogen (secondary N) is 1. The van der Waals surface area contributed by atoms with Gasteiger partial charge in [-0.05, 0) is 25.5 Å². The van der Waals surface area contributed by atoms with E-state index in [1.165, 1.54) is 25.3 Å². The highest BCUT2D eigenvalue weighted by molar-refractivity contribution is 6.29. The average molecular weight is 271 g/mol. The maximum Gasteiger partial charge on any atom is 0.339 e. The SMILES string of the molecule is CCCNC(=O)C(C)OC(=O)c1ccnc(Cl)c1. The van der Waals surface area contributed by atoms with Crippen molar-refractivity contribution in [3.8, 4) is 0 Å². The van der Waals surface area contributed by atoms with Gasteiger partial charge in [0.2, 0.25) is 0 Å². The van der Waals surface area contributed by atoms with E-state index in [0.717, 1.165) is 6.42 Å². The number of halogens is 1. The molecule has 1 unspecified atom stereocenters. The molecule has 5 nitrogen and oxygen atoms in total. The van der Waals surface area contributed by atoms with Crippen LogP contribution in [0.5, 0.6) is 0 Å². The highest BCUT2D eigenvalue weighted by Crippen LogP contribution is 2.09. The maximum atomic E-state index is 11.7. The molecule has 0 aliphatic heterocycles. The van der Waals surface area contributed by atoms with Crippen LogP contribution >= 0.6 is 11.6 Å². The van der Waals surface area contributed by atoms with Crippen LogP contribution in [0, 0.1) is 0 Å². The van der Waals surface area contributed by atoms with E-state index in [2.05, 4.69) is 10.3 Å². The van der Waals surface area contributed by atoms with Crippen molar-refractivity contribution in [3.05, 3.63) is 29.0 Å². The lowest BCUT2D eigenvalue weighted by Crippen LogP contribution is -2.36. The van der Waals surface area contributed by atoms with Crippen LogP contribution in [-0.2, 0) is 9.53 Å². The summed E-state index contributed by atoms with van der Waals surface area (Å²) >= 11 is 5.66. The molecule has 1 atom stereocenters. The molecule has 0 bridgehead atoms. The second-order valence-corrected chi connectivity index (χ2v) is 4.09. The van der Waals surface area contributed by atoms with Crippen molar-refractivity contribution in [1.29, 1.82) is 0 Å². The van der Waals surface area contributed by atoms with E-state index in [1.807, 2.05) is 6.92 Å². The molecule has 0 spiro atoms. The van der Waals surface area contributed by atoms with Crippen molar-refractivity contribution in [2.75, 3.05) is 6.54 Å². The normalized spacial score (nSPS) is 11.7. The third-order valence-electron chi connectivity index (χ3n) is 2.16. The summed E-state index contributed by atoms with van der Waals surface area (Å²) in [6.45, 7) is 4.02. The van der Waals surface area contributed by atoms with Gasteiger partial charge >= 0.3 is 5.97 Å². The summed E-state index contributed by atoms with van der Waals surface area (Å²) in [7, 11) is 0. The van der Waals surface area contributed by atoms with Crippen molar-refractivity contribution in [3.63, 3.8) is 0 Å². The quantitative estimate of drug-likeness (QED) is 0.654. The first-order valence-corrected chi connectivity index (χ1v) is 6.02. The van der Waals surface area contributed by atoms with Gasteiger partial charge in [-0.15, -0.1) is 0 Å². The van der Waals surface area contributed by atoms with Gasteiger partial charge in [0.25, 0.3) is 5.91 Å². The summed E-state index contributed by atoms with van der Waals surface area (Å²) in [5.74, 6) is -0.913. The Hall–Kier alpha value is -1.62. The van der Waals surface area contributed by atoms with Crippen LogP contribution in [-0.4, -0.2) is 29.5 Å². The molecule has 0 aliphatic carbocycles. The largest absolute Gasteiger partial charge is 0.449 e. The first-order chi connectivity index (χ1) is 8.54. The Labute approximate surface area is 110 Å². The van der Waals surface area contributed by atoms with E-state index in [9.17, 15) is 9.59 Å². The monoisotopic (exact) mass is 270 g/mol. The summed E-state index contributed by atoms with van der Waals surface area (Å²) in [5, 5.41) is 2.85. The van der Waals surface area contributed by atoms with Gasteiger partial charge in [-0.2, -0.15) is 0 Å². The number of rotatable bonds is 5. The molecule has 1 N–H and O–H groups in total. The van der Waals surface area contributed by atoms with Crippen molar-refractivity contribution in [2.24, 2.45) is 0 Å². The minimum absolute atomic E-state index is 0.201. The molecule has 98 valence electrons. The van der Waals surface area contributed by atoms with Gasteiger partial charge in [-0.25, -0.2) is 9.78 Å². The highest BCUT2D eigenvalue weighted by Gasteiger charge is 2.18. The molecule has 0 aromatic carbocycles. The smallest absolute Gasteiger partial charge is 0.339 e. The topological polar surface area (TPSA) is 68.3 Å². The predicted molar refractivity (Wildman–Crippen MR) is 67.4 cm³/mol. The van der Waals surface area contributed by atoms with Gasteiger partial charge in [-0.1, -0.05) is 18.5 Å². The Morgan fingerprint density at radius 2 is 2.28 bits per heavy atom. The Balaban J connectivity index is 2.56. The zero-order valence-corrected chi connectivity index (χ0v) is 11.0. The van der Waals surface area contributed by atoms with Gasteiger partial charge in [0.15, 0.2) is 6.10 Å². The Morgan fingerprint density at radius 1 is 1.56 bits per heavy atom. The van der Waals surface area contributed by atoms with Gasteiger partial charge in [0.05, 0.1) is 5.56 Å². The third-order valence-corrected chi connectivity index (χ3v) is 2.37. The minimum Gasteiger partial charge on any atom is -0.449 e. The van der Waals surface area contributed by atoms with Crippen LogP contribution in [0.25, 0.3) is 0 Å². The number of hydrogen-bond acceptors (Lipinski definition) is 4. The van der Waals surface area contributed by atoms with Crippen LogP contribution in [0.2, 0.25) is 5.15 Å². The number of carbonyl (C=O) groups is 2. The molecule has 0 saturated carbocycles. The van der Waals surface area contributed by atoms with E-state index in [0.29, 0.717) is 6.54 Å². The van der Waals surface area contributed by atoms with Crippen LogP contribution in [0.15, 0.2) is 18.3 Å². The lowest BCUT2D eigenvalue weighted by atomic mass is 10.2. The van der Waals surface area contributed by atoms with Crippen molar-refractivity contribution < 1.29 is 14.3 Å². The van der Waals surface area contributed by atoms with E-state index in [-0.39, 0.29) is 16.6 Å². The number of amides is 1. The highest BCUT2D eigenvalue weighted by atomic mass is 35.5. The lowest BCUT2D eigenvalue weighted by Gasteiger charge is -2.13. The number of nitrogens with zero attached hydrogens (tertiary/aromatic N) is 1. The number of aromatic nitrogens is 1. The van der Waals surface area contributed by atoms with Gasteiger partial charge in [0, 0.05) is 12.7 Å². The second-order valence-electron chi connectivity index (χ2n) is 3.71. The summed E-state index contributed by atoms with van der Waals surface area (Å²) in [5.41, 5.74) is 0.269. The number of ether oxygens (including phenoxy) is 1. The van der Waals surface area contributed by atoms with Crippen molar-refractivity contribution >= 4 is 23.5 Å². The van der Waals surface area contributed by atoms with Crippen LogP contribution < -0.4 is 5.32 Å². The van der Waals surface area contributed by atoms with E-state index in [1.54, 1.807) is 0 Å². The predicted octanol–water partition coefficient (Wildman–Crippen LogP) is 1.81. The lowest BCUT2D eigenvalue weighted by molar-refractivity contribution is -0.129. The molecule has 0 fully saturated rings. The molecule has 1 heterocycles. The summed E-state index contributed by atoms with van der Waals surface area (Å²) in [6, 6.07) is 2.87. The first-order valence-electron chi connectivity index (χ1n) is 5.64. The third kappa shape index (κ3) is 4.33. The number of esters is 1. The molecule has 1 aromatic rings. The van der Waals surface area contributed by atoms with E-state index < -0.39 is 12.1 Å². The van der Waals surface area contributed by atoms with Crippen LogP contribution in [0.1, 0.15) is 30.6 Å². The minimum atomic E-state index is -0.837. The zero-order chi connectivity index (χ0) is 13.5. The summed E-state index contributed by atoms with van der Waals surface area (Å²) in [4.78, 5) is 27.0. The molecule has 1 aromatic heterocycles. The Kier molecular flexibility index (Phi) is 5.58. The molecule has 1 amide bonds. The molecular formula is C12H15ClN2O3. The van der Waals surface area contributed by atoms with E-state index >= 15 is 0 Å². The van der Waals surface area contributed by atoms with Crippen LogP contribution in [0.3, 0.4) is 0 Å². The fourth-order valence-electron chi connectivity index (χ4n) is 1.20. The standard InChI is InChI=1S/C12H15ClN2O3/c1-3-5-15-11(16)8(2)18-12(17)9-4-6-14-10(13)7-9/h4,6-8H,3,5H2,1-2H3,(H,15,16). The van der Waals surface area contributed by atoms with Gasteiger partial charge < -0.3 is 10.1 Å². The number of carbonyl (C=O) groups excluding carboxylic acids is 2. The Bertz CT molecular complexity index is 437. The fraction of sp³-hybridized carbons (Fsp3) is 0.417. The van der Waals surface area contributed by atoms with E-state index in [4.69, 9.17) is 16.3 Å². The molecule has 0 radical (unpaired) electrons. The maximum absolute atomic E-state index is 11.7. The van der Waals surface area contributed by atoms with Gasteiger partial charge in [-0.3, -0.25) is 4.79 Å². The average Bonchev–Trinajstić information content (AvgIpc) is 2.35. The number of pyridine rings is 1. The zero-order valence-electron chi connectivity index (χ0n) is 10.3. The van der Waals surface area contributed by atoms with Crippen LogP contribution in [0.4, 0.5) is 0 Å². The van der Waals surface area contributed by atoms with Gasteiger partial charge in [0.1, 0.15) is 5.15 Å². The molecule has 6 heteroatoms. The first kappa shape index (κ1) is 14.4. The molecule has 1 rings (SSSR count). The molecule has 18 heavy (non-hydrogen) atoms. The van der Waals surface area contributed by atoms with Crippen molar-refractivity contribution in [1.82, 2.24) is 10.3 Å². The molecule has 0 aliphatic rings. The number of hydrogen-bond donors (Lipinski definition) is 1. The molecule has 0 saturated heterocycles. The van der Waals surface area contributed by atoms with Crippen molar-refractivity contribution in [2.45, 2.75) is 26.4 Å². The Morgan fingerprint density at radius 3 is 2.89 bits per heavy atom. The molecular weight excluding hydrogens is 256 g/mol.